The fourth-order valence-corrected chi connectivity index (χ4v) is 6.01. The Bertz CT molecular complexity index is 1150. The summed E-state index contributed by atoms with van der Waals surface area (Å²) in [6, 6.07) is 9.01. The summed E-state index contributed by atoms with van der Waals surface area (Å²) in [7, 11) is 4.11. The van der Waals surface area contributed by atoms with Gasteiger partial charge in [0.2, 0.25) is 0 Å². The first kappa shape index (κ1) is 28.2. The summed E-state index contributed by atoms with van der Waals surface area (Å²) < 4.78 is 0. The number of carbonyl (C=O) groups is 1. The number of hydrogen-bond donors (Lipinski definition) is 1. The van der Waals surface area contributed by atoms with E-state index in [0.29, 0.717) is 5.78 Å². The van der Waals surface area contributed by atoms with Gasteiger partial charge in [-0.3, -0.25) is 4.79 Å². The molecule has 2 aromatic carbocycles. The SMILES string of the molecule is CCc1cc2c(cc1C)C(C)C(=O)C(C)(C)N2C.CCc1cc2c(cc1C)C(C)C(O)C(C)(C)N2C. The number of hydrogen-bond acceptors (Lipinski definition) is 4. The average molecular weight is 493 g/mol. The van der Waals surface area contributed by atoms with Crippen LogP contribution < -0.4 is 9.80 Å². The lowest BCUT2D eigenvalue weighted by atomic mass is 9.76. The highest BCUT2D eigenvalue weighted by atomic mass is 16.3. The van der Waals surface area contributed by atoms with Crippen LogP contribution in [0.15, 0.2) is 24.3 Å². The molecule has 0 aliphatic carbocycles. The molecule has 3 atom stereocenters. The van der Waals surface area contributed by atoms with E-state index in [4.69, 9.17) is 0 Å². The summed E-state index contributed by atoms with van der Waals surface area (Å²) in [4.78, 5) is 16.8. The highest BCUT2D eigenvalue weighted by Gasteiger charge is 2.43. The third kappa shape index (κ3) is 4.47. The third-order valence-corrected chi connectivity index (χ3v) is 9.31. The van der Waals surface area contributed by atoms with Gasteiger partial charge in [0, 0.05) is 37.3 Å². The molecular weight excluding hydrogens is 444 g/mol. The second kappa shape index (κ2) is 9.85. The lowest BCUT2D eigenvalue weighted by Crippen LogP contribution is -2.56. The molecular formula is C32H48N2O2. The van der Waals surface area contributed by atoms with Crippen LogP contribution in [0, 0.1) is 13.8 Å². The van der Waals surface area contributed by atoms with Crippen LogP contribution in [0.3, 0.4) is 0 Å². The van der Waals surface area contributed by atoms with Crippen LogP contribution in [0.1, 0.15) is 101 Å². The van der Waals surface area contributed by atoms with Crippen LogP contribution in [0.2, 0.25) is 0 Å². The minimum atomic E-state index is -0.410. The number of Topliss-reactive ketones (excluding diaryl/α,β-unsaturated/α-hetero) is 1. The Hall–Kier alpha value is -2.33. The molecule has 4 nitrogen and oxygen atoms in total. The van der Waals surface area contributed by atoms with Crippen molar-refractivity contribution in [2.45, 2.75) is 111 Å². The molecule has 4 rings (SSSR count). The van der Waals surface area contributed by atoms with Crippen molar-refractivity contribution in [3.05, 3.63) is 57.6 Å². The van der Waals surface area contributed by atoms with Crippen molar-refractivity contribution in [3.8, 4) is 0 Å². The lowest BCUT2D eigenvalue weighted by molar-refractivity contribution is -0.124. The Morgan fingerprint density at radius 1 is 0.806 bits per heavy atom. The molecule has 0 aromatic heterocycles. The Morgan fingerprint density at radius 2 is 1.25 bits per heavy atom. The van der Waals surface area contributed by atoms with Crippen molar-refractivity contribution in [2.75, 3.05) is 23.9 Å². The van der Waals surface area contributed by atoms with Crippen LogP contribution in [-0.4, -0.2) is 42.2 Å². The van der Waals surface area contributed by atoms with Gasteiger partial charge in [-0.15, -0.1) is 0 Å². The summed E-state index contributed by atoms with van der Waals surface area (Å²) in [6.07, 6.45) is 1.77. The van der Waals surface area contributed by atoms with Gasteiger partial charge in [0.15, 0.2) is 5.78 Å². The average Bonchev–Trinajstić information content (AvgIpc) is 2.84. The monoisotopic (exact) mass is 492 g/mol. The largest absolute Gasteiger partial charge is 0.390 e. The summed E-state index contributed by atoms with van der Waals surface area (Å²) in [5.74, 6) is 0.493. The van der Waals surface area contributed by atoms with Gasteiger partial charge in [-0.25, -0.2) is 0 Å². The van der Waals surface area contributed by atoms with Gasteiger partial charge in [0.1, 0.15) is 0 Å². The molecule has 198 valence electrons. The van der Waals surface area contributed by atoms with E-state index in [0.717, 1.165) is 12.8 Å². The molecule has 0 fully saturated rings. The highest BCUT2D eigenvalue weighted by molar-refractivity contribution is 6.00. The fourth-order valence-electron chi connectivity index (χ4n) is 6.01. The van der Waals surface area contributed by atoms with E-state index < -0.39 is 5.54 Å². The topological polar surface area (TPSA) is 43.8 Å². The van der Waals surface area contributed by atoms with Crippen molar-refractivity contribution >= 4 is 17.2 Å². The maximum Gasteiger partial charge on any atom is 0.164 e. The smallest absolute Gasteiger partial charge is 0.164 e. The molecule has 36 heavy (non-hydrogen) atoms. The zero-order valence-electron chi connectivity index (χ0n) is 24.7. The van der Waals surface area contributed by atoms with E-state index in [1.165, 1.54) is 44.8 Å². The van der Waals surface area contributed by atoms with E-state index in [9.17, 15) is 9.90 Å². The predicted octanol–water partition coefficient (Wildman–Crippen LogP) is 6.71. The lowest BCUT2D eigenvalue weighted by Gasteiger charge is -2.49. The van der Waals surface area contributed by atoms with Crippen LogP contribution in [-0.2, 0) is 17.6 Å². The van der Waals surface area contributed by atoms with E-state index in [-0.39, 0.29) is 23.5 Å². The first-order valence-electron chi connectivity index (χ1n) is 13.6. The summed E-state index contributed by atoms with van der Waals surface area (Å²) in [5.41, 5.74) is 9.73. The molecule has 4 heteroatoms. The molecule has 2 aliphatic rings. The van der Waals surface area contributed by atoms with Crippen LogP contribution >= 0.6 is 0 Å². The standard InChI is InChI=1S/C16H25NO.C16H23NO/c2*1-7-12-9-14-13(8-10(12)2)11(3)15(18)16(4,5)17(14)6/h8-9,11,15,18H,7H2,1-6H3;8-9,11H,7H2,1-6H3. The summed E-state index contributed by atoms with van der Waals surface area (Å²) >= 11 is 0. The van der Waals surface area contributed by atoms with E-state index >= 15 is 0 Å². The number of aliphatic hydroxyl groups excluding tert-OH is 1. The number of aliphatic hydroxyl groups is 1. The maximum atomic E-state index is 12.4. The maximum absolute atomic E-state index is 12.4. The number of anilines is 2. The zero-order chi connectivity index (χ0) is 27.3. The number of rotatable bonds is 2. The number of ketones is 1. The fraction of sp³-hybridized carbons (Fsp3) is 0.594. The Labute approximate surface area is 219 Å². The Balaban J connectivity index is 0.000000201. The molecule has 2 heterocycles. The number of nitrogens with zero attached hydrogens (tertiary/aromatic N) is 2. The molecule has 0 radical (unpaired) electrons. The van der Waals surface area contributed by atoms with Gasteiger partial charge in [-0.1, -0.05) is 39.8 Å². The highest BCUT2D eigenvalue weighted by Crippen LogP contribution is 2.44. The molecule has 0 bridgehead atoms. The van der Waals surface area contributed by atoms with Gasteiger partial charge in [0.25, 0.3) is 0 Å². The van der Waals surface area contributed by atoms with Gasteiger partial charge in [0.05, 0.1) is 17.2 Å². The molecule has 0 spiro atoms. The van der Waals surface area contributed by atoms with Crippen molar-refractivity contribution in [2.24, 2.45) is 0 Å². The van der Waals surface area contributed by atoms with Crippen LogP contribution in [0.4, 0.5) is 11.4 Å². The summed E-state index contributed by atoms with van der Waals surface area (Å²) in [5, 5.41) is 10.5. The van der Waals surface area contributed by atoms with E-state index in [1.54, 1.807) is 0 Å². The van der Waals surface area contributed by atoms with Gasteiger partial charge < -0.3 is 14.9 Å². The molecule has 2 aromatic rings. The zero-order valence-corrected chi connectivity index (χ0v) is 24.7. The van der Waals surface area contributed by atoms with Gasteiger partial charge in [-0.2, -0.15) is 0 Å². The van der Waals surface area contributed by atoms with Crippen molar-refractivity contribution in [3.63, 3.8) is 0 Å². The minimum Gasteiger partial charge on any atom is -0.390 e. The number of likely N-dealkylation sites (N-methyl/N-ethyl adjacent to an activating group) is 2. The molecule has 0 saturated carbocycles. The van der Waals surface area contributed by atoms with E-state index in [1.807, 2.05) is 27.8 Å². The van der Waals surface area contributed by atoms with Crippen molar-refractivity contribution < 1.29 is 9.90 Å². The quantitative estimate of drug-likeness (QED) is 0.506. The first-order valence-corrected chi connectivity index (χ1v) is 13.6. The Morgan fingerprint density at radius 3 is 1.72 bits per heavy atom. The van der Waals surface area contributed by atoms with Gasteiger partial charge >= 0.3 is 0 Å². The third-order valence-electron chi connectivity index (χ3n) is 9.31. The van der Waals surface area contributed by atoms with E-state index in [2.05, 4.69) is 89.6 Å². The molecule has 2 aliphatic heterocycles. The second-order valence-corrected chi connectivity index (χ2v) is 12.0. The van der Waals surface area contributed by atoms with Crippen molar-refractivity contribution in [1.29, 1.82) is 0 Å². The molecule has 0 amide bonds. The van der Waals surface area contributed by atoms with Crippen LogP contribution in [0.25, 0.3) is 0 Å². The minimum absolute atomic E-state index is 0.00388. The summed E-state index contributed by atoms with van der Waals surface area (Å²) in [6.45, 7) is 21.1. The second-order valence-electron chi connectivity index (χ2n) is 12.0. The normalized spacial score (nSPS) is 24.0. The van der Waals surface area contributed by atoms with Crippen molar-refractivity contribution in [1.82, 2.24) is 0 Å². The number of benzene rings is 2. The molecule has 3 unspecified atom stereocenters. The number of carbonyl (C=O) groups excluding carboxylic acids is 1. The first-order chi connectivity index (χ1) is 16.6. The molecule has 0 saturated heterocycles. The number of fused-ring (bicyclic) bond motifs is 2. The van der Waals surface area contributed by atoms with Crippen LogP contribution in [0.5, 0.6) is 0 Å². The predicted molar refractivity (Wildman–Crippen MR) is 154 cm³/mol. The Kier molecular flexibility index (Phi) is 7.73. The van der Waals surface area contributed by atoms with Gasteiger partial charge in [-0.05, 0) is 99.9 Å². The molecule has 1 N–H and O–H groups in total. The number of aryl methyl sites for hydroxylation is 4.